The number of amides is 1. The van der Waals surface area contributed by atoms with E-state index in [1.54, 1.807) is 37.3 Å². The number of anilines is 1. The number of benzene rings is 2. The van der Waals surface area contributed by atoms with Gasteiger partial charge in [-0.3, -0.25) is 4.79 Å². The van der Waals surface area contributed by atoms with Crippen LogP contribution in [0.5, 0.6) is 5.75 Å². The molecule has 116 valence electrons. The SMILES string of the molecule is CCOc1ccc(S(N)(=O)=O)cc1NC(=O)c1ccccc1. The van der Waals surface area contributed by atoms with Gasteiger partial charge in [0, 0.05) is 5.56 Å². The summed E-state index contributed by atoms with van der Waals surface area (Å²) in [5.41, 5.74) is 0.702. The number of ether oxygens (including phenoxy) is 1. The van der Waals surface area contributed by atoms with Gasteiger partial charge in [-0.2, -0.15) is 0 Å². The molecule has 2 rings (SSSR count). The maximum atomic E-state index is 12.2. The number of carbonyl (C=O) groups excluding carboxylic acids is 1. The van der Waals surface area contributed by atoms with Gasteiger partial charge in [0.15, 0.2) is 0 Å². The Kier molecular flexibility index (Phi) is 4.79. The first kappa shape index (κ1) is 16.0. The van der Waals surface area contributed by atoms with Gasteiger partial charge in [-0.25, -0.2) is 13.6 Å². The van der Waals surface area contributed by atoms with Crippen LogP contribution in [0, 0.1) is 0 Å². The summed E-state index contributed by atoms with van der Waals surface area (Å²) in [7, 11) is -3.86. The molecular formula is C15H16N2O4S. The van der Waals surface area contributed by atoms with Crippen LogP contribution in [0.2, 0.25) is 0 Å². The van der Waals surface area contributed by atoms with E-state index in [-0.39, 0.29) is 16.5 Å². The molecule has 0 aliphatic rings. The Bertz CT molecular complexity index is 773. The second-order valence-corrected chi connectivity index (χ2v) is 6.02. The first-order valence-corrected chi connectivity index (χ1v) is 8.12. The molecule has 0 radical (unpaired) electrons. The molecule has 0 aliphatic carbocycles. The standard InChI is InChI=1S/C15H16N2O4S/c1-2-21-14-9-8-12(22(16,19)20)10-13(14)17-15(18)11-6-4-3-5-7-11/h3-10H,2H2,1H3,(H,17,18)(H2,16,19,20). The van der Waals surface area contributed by atoms with E-state index in [4.69, 9.17) is 9.88 Å². The lowest BCUT2D eigenvalue weighted by Gasteiger charge is -2.12. The molecule has 0 aliphatic heterocycles. The van der Waals surface area contributed by atoms with Crippen molar-refractivity contribution < 1.29 is 17.9 Å². The number of carbonyl (C=O) groups is 1. The van der Waals surface area contributed by atoms with Crippen molar-refractivity contribution >= 4 is 21.6 Å². The Morgan fingerprint density at radius 1 is 1.18 bits per heavy atom. The van der Waals surface area contributed by atoms with Gasteiger partial charge in [0.1, 0.15) is 5.75 Å². The predicted molar refractivity (Wildman–Crippen MR) is 83.4 cm³/mol. The molecule has 0 unspecified atom stereocenters. The third kappa shape index (κ3) is 3.84. The molecule has 2 aromatic rings. The minimum absolute atomic E-state index is 0.0979. The molecule has 0 bridgehead atoms. The molecule has 0 spiro atoms. The summed E-state index contributed by atoms with van der Waals surface area (Å²) in [6.07, 6.45) is 0. The van der Waals surface area contributed by atoms with E-state index in [9.17, 15) is 13.2 Å². The van der Waals surface area contributed by atoms with Gasteiger partial charge in [0.2, 0.25) is 10.0 Å². The van der Waals surface area contributed by atoms with E-state index in [1.807, 2.05) is 0 Å². The number of rotatable bonds is 5. The van der Waals surface area contributed by atoms with Crippen LogP contribution in [0.1, 0.15) is 17.3 Å². The molecular weight excluding hydrogens is 304 g/mol. The third-order valence-corrected chi connectivity index (χ3v) is 3.77. The molecule has 0 heterocycles. The minimum Gasteiger partial charge on any atom is -0.492 e. The average Bonchev–Trinajstić information content (AvgIpc) is 2.49. The smallest absolute Gasteiger partial charge is 0.255 e. The highest BCUT2D eigenvalue weighted by Gasteiger charge is 2.15. The van der Waals surface area contributed by atoms with Crippen molar-refractivity contribution in [2.45, 2.75) is 11.8 Å². The van der Waals surface area contributed by atoms with Gasteiger partial charge in [0.25, 0.3) is 5.91 Å². The van der Waals surface area contributed by atoms with E-state index in [2.05, 4.69) is 5.32 Å². The number of sulfonamides is 1. The normalized spacial score (nSPS) is 11.0. The largest absolute Gasteiger partial charge is 0.492 e. The summed E-state index contributed by atoms with van der Waals surface area (Å²) in [6.45, 7) is 2.17. The number of hydrogen-bond acceptors (Lipinski definition) is 4. The van der Waals surface area contributed by atoms with Crippen molar-refractivity contribution in [2.75, 3.05) is 11.9 Å². The topological polar surface area (TPSA) is 98.5 Å². The van der Waals surface area contributed by atoms with Crippen LogP contribution in [-0.4, -0.2) is 20.9 Å². The zero-order valence-corrected chi connectivity index (χ0v) is 12.8. The van der Waals surface area contributed by atoms with Crippen LogP contribution in [0.3, 0.4) is 0 Å². The number of nitrogens with two attached hydrogens (primary N) is 1. The Labute approximate surface area is 129 Å². The molecule has 0 saturated carbocycles. The Morgan fingerprint density at radius 2 is 1.86 bits per heavy atom. The minimum atomic E-state index is -3.86. The lowest BCUT2D eigenvalue weighted by Crippen LogP contribution is -2.15. The van der Waals surface area contributed by atoms with Crippen molar-refractivity contribution in [1.82, 2.24) is 0 Å². The van der Waals surface area contributed by atoms with Crippen LogP contribution >= 0.6 is 0 Å². The molecule has 3 N–H and O–H groups in total. The monoisotopic (exact) mass is 320 g/mol. The van der Waals surface area contributed by atoms with Gasteiger partial charge in [-0.1, -0.05) is 18.2 Å². The lowest BCUT2D eigenvalue weighted by molar-refractivity contribution is 0.102. The Balaban J connectivity index is 2.37. The third-order valence-electron chi connectivity index (χ3n) is 2.86. The van der Waals surface area contributed by atoms with E-state index < -0.39 is 10.0 Å². The van der Waals surface area contributed by atoms with Gasteiger partial charge in [-0.05, 0) is 37.3 Å². The highest BCUT2D eigenvalue weighted by molar-refractivity contribution is 7.89. The van der Waals surface area contributed by atoms with Crippen molar-refractivity contribution in [2.24, 2.45) is 5.14 Å². The summed E-state index contributed by atoms with van der Waals surface area (Å²) in [5, 5.41) is 7.75. The first-order valence-electron chi connectivity index (χ1n) is 6.58. The molecule has 2 aromatic carbocycles. The van der Waals surface area contributed by atoms with Crippen molar-refractivity contribution in [3.05, 3.63) is 54.1 Å². The maximum absolute atomic E-state index is 12.2. The van der Waals surface area contributed by atoms with Crippen molar-refractivity contribution in [1.29, 1.82) is 0 Å². The number of hydrogen-bond donors (Lipinski definition) is 2. The van der Waals surface area contributed by atoms with E-state index >= 15 is 0 Å². The van der Waals surface area contributed by atoms with Crippen LogP contribution < -0.4 is 15.2 Å². The van der Waals surface area contributed by atoms with Gasteiger partial charge < -0.3 is 10.1 Å². The molecule has 0 aromatic heterocycles. The fourth-order valence-electron chi connectivity index (χ4n) is 1.85. The first-order chi connectivity index (χ1) is 10.4. The predicted octanol–water partition coefficient (Wildman–Crippen LogP) is 1.99. The zero-order valence-electron chi connectivity index (χ0n) is 11.9. The Morgan fingerprint density at radius 3 is 2.45 bits per heavy atom. The molecule has 7 heteroatoms. The number of nitrogens with one attached hydrogen (secondary N) is 1. The Hall–Kier alpha value is -2.38. The molecule has 1 amide bonds. The fourth-order valence-corrected chi connectivity index (χ4v) is 2.39. The molecule has 0 atom stereocenters. The summed E-state index contributed by atoms with van der Waals surface area (Å²) in [4.78, 5) is 12.1. The summed E-state index contributed by atoms with van der Waals surface area (Å²) >= 11 is 0. The summed E-state index contributed by atoms with van der Waals surface area (Å²) in [6, 6.07) is 12.6. The molecule has 0 fully saturated rings. The highest BCUT2D eigenvalue weighted by atomic mass is 32.2. The van der Waals surface area contributed by atoms with Crippen molar-refractivity contribution in [3.8, 4) is 5.75 Å². The van der Waals surface area contributed by atoms with E-state index in [1.165, 1.54) is 18.2 Å². The number of primary sulfonamides is 1. The van der Waals surface area contributed by atoms with Crippen molar-refractivity contribution in [3.63, 3.8) is 0 Å². The van der Waals surface area contributed by atoms with Gasteiger partial charge in [0.05, 0.1) is 17.2 Å². The fraction of sp³-hybridized carbons (Fsp3) is 0.133. The second-order valence-electron chi connectivity index (χ2n) is 4.46. The van der Waals surface area contributed by atoms with Gasteiger partial charge >= 0.3 is 0 Å². The summed E-state index contributed by atoms with van der Waals surface area (Å²) in [5.74, 6) is 0.00676. The molecule has 22 heavy (non-hydrogen) atoms. The zero-order chi connectivity index (χ0) is 16.2. The molecule has 6 nitrogen and oxygen atoms in total. The lowest BCUT2D eigenvalue weighted by atomic mass is 10.2. The second kappa shape index (κ2) is 6.59. The van der Waals surface area contributed by atoms with Crippen LogP contribution in [0.15, 0.2) is 53.4 Å². The maximum Gasteiger partial charge on any atom is 0.255 e. The summed E-state index contributed by atoms with van der Waals surface area (Å²) < 4.78 is 28.3. The highest BCUT2D eigenvalue weighted by Crippen LogP contribution is 2.28. The van der Waals surface area contributed by atoms with E-state index in [0.29, 0.717) is 17.9 Å². The molecule has 0 saturated heterocycles. The van der Waals surface area contributed by atoms with Crippen LogP contribution in [-0.2, 0) is 10.0 Å². The van der Waals surface area contributed by atoms with Crippen LogP contribution in [0.4, 0.5) is 5.69 Å². The average molecular weight is 320 g/mol. The van der Waals surface area contributed by atoms with E-state index in [0.717, 1.165) is 0 Å². The van der Waals surface area contributed by atoms with Gasteiger partial charge in [-0.15, -0.1) is 0 Å². The van der Waals surface area contributed by atoms with Crippen LogP contribution in [0.25, 0.3) is 0 Å². The quantitative estimate of drug-likeness (QED) is 0.880.